The van der Waals surface area contributed by atoms with E-state index in [-0.39, 0.29) is 12.3 Å². The quantitative estimate of drug-likeness (QED) is 0.881. The molecule has 0 unspecified atom stereocenters. The average Bonchev–Trinajstić information content (AvgIpc) is 2.41. The molecule has 98 valence electrons. The van der Waals surface area contributed by atoms with Gasteiger partial charge in [-0.3, -0.25) is 0 Å². The summed E-state index contributed by atoms with van der Waals surface area (Å²) in [5, 5.41) is 17.9. The number of aromatic carboxylic acids is 1. The predicted molar refractivity (Wildman–Crippen MR) is 68.4 cm³/mol. The number of aliphatic hydroxyl groups is 1. The van der Waals surface area contributed by atoms with E-state index in [2.05, 4.69) is 4.98 Å². The number of aromatic nitrogens is 1. The number of ether oxygens (including phenoxy) is 1. The van der Waals surface area contributed by atoms with E-state index in [4.69, 9.17) is 14.9 Å². The van der Waals surface area contributed by atoms with Crippen molar-refractivity contribution in [2.75, 3.05) is 0 Å². The van der Waals surface area contributed by atoms with E-state index in [9.17, 15) is 4.79 Å². The smallest absolute Gasteiger partial charge is 0.354 e. The van der Waals surface area contributed by atoms with Crippen LogP contribution in [0.2, 0.25) is 0 Å². The Balaban J connectivity index is 2.26. The molecule has 2 rings (SSSR count). The lowest BCUT2D eigenvalue weighted by Crippen LogP contribution is -2.00. The van der Waals surface area contributed by atoms with E-state index in [0.29, 0.717) is 11.5 Å². The summed E-state index contributed by atoms with van der Waals surface area (Å²) in [6, 6.07) is 8.26. The first-order chi connectivity index (χ1) is 9.10. The Hall–Kier alpha value is -2.40. The lowest BCUT2D eigenvalue weighted by atomic mass is 10.1. The summed E-state index contributed by atoms with van der Waals surface area (Å²) in [7, 11) is 0. The number of carboxylic acids is 1. The number of hydrogen-bond acceptors (Lipinski definition) is 4. The highest BCUT2D eigenvalue weighted by Gasteiger charge is 2.07. The van der Waals surface area contributed by atoms with Gasteiger partial charge in [0.1, 0.15) is 11.5 Å². The standard InChI is InChI=1S/C14H13NO4/c1-9-6-10(8-16)2-3-13(9)19-11-4-5-15-12(7-11)14(17)18/h2-7,16H,8H2,1H3,(H,17,18). The number of pyridine rings is 1. The molecule has 2 aromatic rings. The summed E-state index contributed by atoms with van der Waals surface area (Å²) in [5.74, 6) is -0.0789. The van der Waals surface area contributed by atoms with Gasteiger partial charge >= 0.3 is 5.97 Å². The second-order valence-corrected chi connectivity index (χ2v) is 4.04. The minimum atomic E-state index is -1.10. The summed E-state index contributed by atoms with van der Waals surface area (Å²) < 4.78 is 5.61. The van der Waals surface area contributed by atoms with Crippen molar-refractivity contribution in [2.45, 2.75) is 13.5 Å². The van der Waals surface area contributed by atoms with Crippen molar-refractivity contribution < 1.29 is 19.7 Å². The Labute approximate surface area is 110 Å². The van der Waals surface area contributed by atoms with Gasteiger partial charge < -0.3 is 14.9 Å². The lowest BCUT2D eigenvalue weighted by molar-refractivity contribution is 0.0690. The van der Waals surface area contributed by atoms with Crippen molar-refractivity contribution in [3.8, 4) is 11.5 Å². The van der Waals surface area contributed by atoms with Crippen molar-refractivity contribution in [3.05, 3.63) is 53.3 Å². The largest absolute Gasteiger partial charge is 0.477 e. The zero-order valence-electron chi connectivity index (χ0n) is 10.3. The normalized spacial score (nSPS) is 10.2. The maximum Gasteiger partial charge on any atom is 0.354 e. The summed E-state index contributed by atoms with van der Waals surface area (Å²) in [6.45, 7) is 1.83. The Bertz CT molecular complexity index is 610. The third kappa shape index (κ3) is 3.08. The third-order valence-electron chi connectivity index (χ3n) is 2.60. The third-order valence-corrected chi connectivity index (χ3v) is 2.60. The molecule has 0 fully saturated rings. The molecule has 0 spiro atoms. The molecular weight excluding hydrogens is 246 g/mol. The van der Waals surface area contributed by atoms with Crippen molar-refractivity contribution >= 4 is 5.97 Å². The van der Waals surface area contributed by atoms with Crippen LogP contribution in [0, 0.1) is 6.92 Å². The predicted octanol–water partition coefficient (Wildman–Crippen LogP) is 2.37. The van der Waals surface area contributed by atoms with Crippen LogP contribution in [0.5, 0.6) is 11.5 Å². The molecule has 0 radical (unpaired) electrons. The highest BCUT2D eigenvalue weighted by Crippen LogP contribution is 2.25. The van der Waals surface area contributed by atoms with Gasteiger partial charge in [0.25, 0.3) is 0 Å². The van der Waals surface area contributed by atoms with Gasteiger partial charge in [-0.25, -0.2) is 9.78 Å². The maximum absolute atomic E-state index is 10.8. The molecule has 0 saturated heterocycles. The molecule has 5 heteroatoms. The zero-order valence-corrected chi connectivity index (χ0v) is 10.3. The fourth-order valence-electron chi connectivity index (χ4n) is 1.64. The molecule has 19 heavy (non-hydrogen) atoms. The van der Waals surface area contributed by atoms with Crippen LogP contribution in [0.3, 0.4) is 0 Å². The van der Waals surface area contributed by atoms with Crippen LogP contribution in [-0.4, -0.2) is 21.2 Å². The number of hydrogen-bond donors (Lipinski definition) is 2. The molecule has 1 heterocycles. The van der Waals surface area contributed by atoms with Crippen LogP contribution in [0.15, 0.2) is 36.5 Å². The van der Waals surface area contributed by atoms with Crippen LogP contribution < -0.4 is 4.74 Å². The van der Waals surface area contributed by atoms with Gasteiger partial charge in [-0.15, -0.1) is 0 Å². The maximum atomic E-state index is 10.8. The first-order valence-corrected chi connectivity index (χ1v) is 5.67. The topological polar surface area (TPSA) is 79.7 Å². The SMILES string of the molecule is Cc1cc(CO)ccc1Oc1ccnc(C(=O)O)c1. The van der Waals surface area contributed by atoms with Crippen molar-refractivity contribution in [1.29, 1.82) is 0 Å². The second kappa shape index (κ2) is 5.49. The zero-order chi connectivity index (χ0) is 13.8. The molecule has 0 aliphatic rings. The number of aliphatic hydroxyl groups excluding tert-OH is 1. The fraction of sp³-hybridized carbons (Fsp3) is 0.143. The highest BCUT2D eigenvalue weighted by atomic mass is 16.5. The Morgan fingerprint density at radius 3 is 2.74 bits per heavy atom. The molecule has 0 atom stereocenters. The van der Waals surface area contributed by atoms with Crippen molar-refractivity contribution in [3.63, 3.8) is 0 Å². The number of rotatable bonds is 4. The van der Waals surface area contributed by atoms with Gasteiger partial charge in [0.05, 0.1) is 6.61 Å². The number of nitrogens with zero attached hydrogens (tertiary/aromatic N) is 1. The molecule has 0 aliphatic heterocycles. The minimum absolute atomic E-state index is 0.0282. The van der Waals surface area contributed by atoms with Gasteiger partial charge in [-0.2, -0.15) is 0 Å². The molecule has 5 nitrogen and oxygen atoms in total. The van der Waals surface area contributed by atoms with Crippen LogP contribution in [0.4, 0.5) is 0 Å². The van der Waals surface area contributed by atoms with E-state index in [0.717, 1.165) is 11.1 Å². The van der Waals surface area contributed by atoms with Gasteiger partial charge in [0, 0.05) is 12.3 Å². The monoisotopic (exact) mass is 259 g/mol. The molecule has 1 aromatic carbocycles. The second-order valence-electron chi connectivity index (χ2n) is 4.04. The number of carboxylic acid groups (broad SMARTS) is 1. The van der Waals surface area contributed by atoms with Crippen LogP contribution in [0.25, 0.3) is 0 Å². The van der Waals surface area contributed by atoms with Crippen molar-refractivity contribution in [1.82, 2.24) is 4.98 Å². The molecule has 0 amide bonds. The summed E-state index contributed by atoms with van der Waals surface area (Å²) in [5.41, 5.74) is 1.59. The van der Waals surface area contributed by atoms with Crippen LogP contribution >= 0.6 is 0 Å². The Kier molecular flexibility index (Phi) is 3.77. The van der Waals surface area contributed by atoms with Gasteiger partial charge in [-0.1, -0.05) is 12.1 Å². The number of aryl methyl sites for hydroxylation is 1. The number of carbonyl (C=O) groups is 1. The minimum Gasteiger partial charge on any atom is -0.477 e. The van der Waals surface area contributed by atoms with Crippen LogP contribution in [-0.2, 0) is 6.61 Å². The van der Waals surface area contributed by atoms with Gasteiger partial charge in [0.15, 0.2) is 5.69 Å². The molecular formula is C14H13NO4. The molecule has 0 bridgehead atoms. The van der Waals surface area contributed by atoms with E-state index < -0.39 is 5.97 Å². The first-order valence-electron chi connectivity index (χ1n) is 5.67. The first kappa shape index (κ1) is 13.0. The van der Waals surface area contributed by atoms with Gasteiger partial charge in [0.2, 0.25) is 0 Å². The van der Waals surface area contributed by atoms with E-state index in [1.54, 1.807) is 18.2 Å². The average molecular weight is 259 g/mol. The van der Waals surface area contributed by atoms with E-state index in [1.807, 2.05) is 13.0 Å². The molecule has 1 aromatic heterocycles. The van der Waals surface area contributed by atoms with E-state index >= 15 is 0 Å². The van der Waals surface area contributed by atoms with Gasteiger partial charge in [-0.05, 0) is 30.2 Å². The highest BCUT2D eigenvalue weighted by molar-refractivity contribution is 5.85. The Morgan fingerprint density at radius 1 is 1.32 bits per heavy atom. The molecule has 0 aliphatic carbocycles. The molecule has 0 saturated carbocycles. The Morgan fingerprint density at radius 2 is 2.11 bits per heavy atom. The van der Waals surface area contributed by atoms with Crippen LogP contribution in [0.1, 0.15) is 21.6 Å². The summed E-state index contributed by atoms with van der Waals surface area (Å²) in [4.78, 5) is 14.5. The summed E-state index contributed by atoms with van der Waals surface area (Å²) >= 11 is 0. The summed E-state index contributed by atoms with van der Waals surface area (Å²) in [6.07, 6.45) is 1.39. The fourth-order valence-corrected chi connectivity index (χ4v) is 1.64. The van der Waals surface area contributed by atoms with Crippen molar-refractivity contribution in [2.24, 2.45) is 0 Å². The number of benzene rings is 1. The molecule has 2 N–H and O–H groups in total. The lowest BCUT2D eigenvalue weighted by Gasteiger charge is -2.09. The van der Waals surface area contributed by atoms with E-state index in [1.165, 1.54) is 12.3 Å².